The average molecular weight is 459 g/mol. The molecule has 0 saturated carbocycles. The number of nitrogens with one attached hydrogen (secondary N) is 1. The molecule has 2 heterocycles. The molecule has 4 rings (SSSR count). The number of rotatable bonds is 5. The molecule has 0 spiro atoms. The van der Waals surface area contributed by atoms with Crippen molar-refractivity contribution in [2.75, 3.05) is 11.1 Å². The molecule has 1 aliphatic heterocycles. The summed E-state index contributed by atoms with van der Waals surface area (Å²) in [4.78, 5) is 4.62. The third-order valence-corrected chi connectivity index (χ3v) is 5.71. The number of aromatic nitrogens is 3. The fraction of sp³-hybridized carbons (Fsp3) is 0.250. The standard InChI is InChI=1S/C20H19BrN4O2S/c1-2-3-9-28-20-23-19-17(24-25-20)15-11-13(21)7-8-16(15)22-18(27-19)12-5-4-6-14(26)10-12/h4-8,10-11,18,22,26H,2-3,9H2,1H3/t18-/m1/s1. The number of aromatic hydroxyl groups is 1. The van der Waals surface area contributed by atoms with Gasteiger partial charge < -0.3 is 15.2 Å². The lowest BCUT2D eigenvalue weighted by Crippen LogP contribution is -2.17. The van der Waals surface area contributed by atoms with Crippen LogP contribution < -0.4 is 10.1 Å². The number of halogens is 1. The van der Waals surface area contributed by atoms with Gasteiger partial charge in [0.15, 0.2) is 11.9 Å². The van der Waals surface area contributed by atoms with Gasteiger partial charge in [0.05, 0.1) is 0 Å². The Labute approximate surface area is 175 Å². The number of fused-ring (bicyclic) bond motifs is 3. The summed E-state index contributed by atoms with van der Waals surface area (Å²) < 4.78 is 7.13. The number of thioether (sulfide) groups is 1. The van der Waals surface area contributed by atoms with E-state index in [1.54, 1.807) is 30.0 Å². The summed E-state index contributed by atoms with van der Waals surface area (Å²) in [6.45, 7) is 2.15. The molecule has 0 saturated heterocycles. The summed E-state index contributed by atoms with van der Waals surface area (Å²) in [6, 6.07) is 12.9. The molecule has 6 nitrogen and oxygen atoms in total. The summed E-state index contributed by atoms with van der Waals surface area (Å²) in [6.07, 6.45) is 1.69. The largest absolute Gasteiger partial charge is 0.508 e. The van der Waals surface area contributed by atoms with Crippen LogP contribution in [0.25, 0.3) is 11.3 Å². The first kappa shape index (κ1) is 19.0. The van der Waals surface area contributed by atoms with Gasteiger partial charge in [0.2, 0.25) is 11.0 Å². The van der Waals surface area contributed by atoms with Gasteiger partial charge in [-0.3, -0.25) is 0 Å². The smallest absolute Gasteiger partial charge is 0.247 e. The maximum absolute atomic E-state index is 9.87. The van der Waals surface area contributed by atoms with Gasteiger partial charge in [-0.15, -0.1) is 10.2 Å². The number of phenolic OH excluding ortho intramolecular Hbond substituents is 1. The van der Waals surface area contributed by atoms with Crippen LogP contribution in [0.1, 0.15) is 31.6 Å². The summed E-state index contributed by atoms with van der Waals surface area (Å²) in [7, 11) is 0. The van der Waals surface area contributed by atoms with Crippen LogP contribution in [-0.2, 0) is 0 Å². The number of ether oxygens (including phenoxy) is 1. The van der Waals surface area contributed by atoms with Crippen LogP contribution in [-0.4, -0.2) is 26.0 Å². The molecular weight excluding hydrogens is 440 g/mol. The second kappa shape index (κ2) is 8.36. The van der Waals surface area contributed by atoms with Crippen LogP contribution in [0.3, 0.4) is 0 Å². The number of phenols is 1. The Morgan fingerprint density at radius 1 is 1.21 bits per heavy atom. The first-order valence-electron chi connectivity index (χ1n) is 9.03. The Bertz CT molecular complexity index is 1000. The molecule has 0 aliphatic carbocycles. The number of unbranched alkanes of at least 4 members (excludes halogenated alkanes) is 1. The highest BCUT2D eigenvalue weighted by molar-refractivity contribution is 9.10. The zero-order chi connectivity index (χ0) is 19.5. The van der Waals surface area contributed by atoms with E-state index < -0.39 is 6.23 Å². The number of nitrogens with zero attached hydrogens (tertiary/aromatic N) is 3. The predicted octanol–water partition coefficient (Wildman–Crippen LogP) is 5.40. The topological polar surface area (TPSA) is 80.2 Å². The van der Waals surface area contributed by atoms with E-state index >= 15 is 0 Å². The van der Waals surface area contributed by atoms with Gasteiger partial charge in [0.1, 0.15) is 5.75 Å². The zero-order valence-corrected chi connectivity index (χ0v) is 17.6. The number of hydrogen-bond donors (Lipinski definition) is 2. The van der Waals surface area contributed by atoms with Crippen molar-refractivity contribution in [3.63, 3.8) is 0 Å². The van der Waals surface area contributed by atoms with E-state index in [0.29, 0.717) is 16.7 Å². The SMILES string of the molecule is CCCCSc1nnc2c(n1)O[C@H](c1cccc(O)c1)Nc1ccc(Br)cc1-2. The summed E-state index contributed by atoms with van der Waals surface area (Å²) >= 11 is 5.09. The molecule has 1 aromatic heterocycles. The van der Waals surface area contributed by atoms with E-state index in [9.17, 15) is 5.11 Å². The molecule has 3 aromatic rings. The van der Waals surface area contributed by atoms with Crippen LogP contribution in [0.2, 0.25) is 0 Å². The van der Waals surface area contributed by atoms with Crippen LogP contribution >= 0.6 is 27.7 Å². The first-order valence-corrected chi connectivity index (χ1v) is 10.8. The molecule has 144 valence electrons. The normalized spacial score (nSPS) is 15.0. The highest BCUT2D eigenvalue weighted by Gasteiger charge is 2.26. The summed E-state index contributed by atoms with van der Waals surface area (Å²) in [5, 5.41) is 22.6. The van der Waals surface area contributed by atoms with Crippen LogP contribution in [0, 0.1) is 0 Å². The van der Waals surface area contributed by atoms with E-state index in [0.717, 1.165) is 39.9 Å². The monoisotopic (exact) mass is 458 g/mol. The number of hydrogen-bond acceptors (Lipinski definition) is 7. The van der Waals surface area contributed by atoms with Crippen molar-refractivity contribution in [1.29, 1.82) is 0 Å². The second-order valence-corrected chi connectivity index (χ2v) is 8.36. The Kier molecular flexibility index (Phi) is 5.68. The third kappa shape index (κ3) is 4.07. The molecule has 0 unspecified atom stereocenters. The zero-order valence-electron chi connectivity index (χ0n) is 15.2. The van der Waals surface area contributed by atoms with Gasteiger partial charge in [-0.2, -0.15) is 4.98 Å². The maximum atomic E-state index is 9.87. The summed E-state index contributed by atoms with van der Waals surface area (Å²) in [5.41, 5.74) is 3.10. The van der Waals surface area contributed by atoms with Gasteiger partial charge in [-0.25, -0.2) is 0 Å². The molecule has 28 heavy (non-hydrogen) atoms. The number of anilines is 1. The molecule has 1 atom stereocenters. The van der Waals surface area contributed by atoms with E-state index in [-0.39, 0.29) is 5.75 Å². The van der Waals surface area contributed by atoms with E-state index in [2.05, 4.69) is 43.4 Å². The molecule has 1 aliphatic rings. The minimum absolute atomic E-state index is 0.181. The van der Waals surface area contributed by atoms with Gasteiger partial charge in [0.25, 0.3) is 0 Å². The number of benzene rings is 2. The van der Waals surface area contributed by atoms with Gasteiger partial charge in [-0.05, 0) is 36.8 Å². The van der Waals surface area contributed by atoms with Crippen LogP contribution in [0.5, 0.6) is 11.6 Å². The lowest BCUT2D eigenvalue weighted by Gasteiger charge is -2.19. The van der Waals surface area contributed by atoms with Gasteiger partial charge in [-0.1, -0.05) is 53.2 Å². The van der Waals surface area contributed by atoms with Crippen molar-refractivity contribution in [2.45, 2.75) is 31.1 Å². The first-order chi connectivity index (χ1) is 13.6. The minimum Gasteiger partial charge on any atom is -0.508 e. The molecule has 0 amide bonds. The van der Waals surface area contributed by atoms with Crippen LogP contribution in [0.4, 0.5) is 5.69 Å². The fourth-order valence-corrected chi connectivity index (χ4v) is 4.10. The summed E-state index contributed by atoms with van der Waals surface area (Å²) in [5.74, 6) is 1.54. The van der Waals surface area contributed by atoms with Crippen molar-refractivity contribution >= 4 is 33.4 Å². The molecule has 0 radical (unpaired) electrons. The van der Waals surface area contributed by atoms with Crippen molar-refractivity contribution in [3.05, 3.63) is 52.5 Å². The average Bonchev–Trinajstić information content (AvgIpc) is 2.84. The fourth-order valence-electron chi connectivity index (χ4n) is 2.88. The highest BCUT2D eigenvalue weighted by Crippen LogP contribution is 2.41. The van der Waals surface area contributed by atoms with Crippen molar-refractivity contribution < 1.29 is 9.84 Å². The van der Waals surface area contributed by atoms with Crippen LogP contribution in [0.15, 0.2) is 52.1 Å². The van der Waals surface area contributed by atoms with E-state index in [1.165, 1.54) is 0 Å². The third-order valence-electron chi connectivity index (χ3n) is 4.29. The molecule has 0 fully saturated rings. The minimum atomic E-state index is -0.515. The molecule has 2 N–H and O–H groups in total. The van der Waals surface area contributed by atoms with Gasteiger partial charge >= 0.3 is 0 Å². The Morgan fingerprint density at radius 2 is 2.11 bits per heavy atom. The lowest BCUT2D eigenvalue weighted by atomic mass is 10.1. The van der Waals surface area contributed by atoms with E-state index in [1.807, 2.05) is 24.3 Å². The second-order valence-electron chi connectivity index (χ2n) is 6.38. The predicted molar refractivity (Wildman–Crippen MR) is 114 cm³/mol. The molecule has 8 heteroatoms. The molecule has 0 bridgehead atoms. The molecular formula is C20H19BrN4O2S. The van der Waals surface area contributed by atoms with Crippen molar-refractivity contribution in [2.24, 2.45) is 0 Å². The Balaban J connectivity index is 1.77. The van der Waals surface area contributed by atoms with Crippen molar-refractivity contribution in [1.82, 2.24) is 15.2 Å². The van der Waals surface area contributed by atoms with Crippen molar-refractivity contribution in [3.8, 4) is 22.9 Å². The highest BCUT2D eigenvalue weighted by atomic mass is 79.9. The van der Waals surface area contributed by atoms with Gasteiger partial charge in [0, 0.05) is 27.0 Å². The Hall–Kier alpha value is -2.32. The van der Waals surface area contributed by atoms with E-state index in [4.69, 9.17) is 4.74 Å². The quantitative estimate of drug-likeness (QED) is 0.391. The Morgan fingerprint density at radius 3 is 2.93 bits per heavy atom. The maximum Gasteiger partial charge on any atom is 0.247 e. The molecule has 2 aromatic carbocycles. The lowest BCUT2D eigenvalue weighted by molar-refractivity contribution is 0.225.